The summed E-state index contributed by atoms with van der Waals surface area (Å²) in [6.45, 7) is 8.08. The first-order valence-corrected chi connectivity index (χ1v) is 10.6. The number of pyridine rings is 1. The molecule has 0 aliphatic carbocycles. The van der Waals surface area contributed by atoms with Crippen molar-refractivity contribution in [1.29, 1.82) is 0 Å². The quantitative estimate of drug-likeness (QED) is 0.225. The third kappa shape index (κ3) is 10.2. The van der Waals surface area contributed by atoms with Crippen molar-refractivity contribution in [3.63, 3.8) is 0 Å². The van der Waals surface area contributed by atoms with E-state index in [-0.39, 0.29) is 30.1 Å². The smallest absolute Gasteiger partial charge is 0.410 e. The summed E-state index contributed by atoms with van der Waals surface area (Å²) >= 11 is 1.71. The first-order valence-electron chi connectivity index (χ1n) is 9.71. The molecule has 0 saturated heterocycles. The molecule has 0 radical (unpaired) electrons. The standard InChI is InChI=1S/C21H31N5O2S.HI/c1-21(2,3)28-20(27)26(16-17-8-5-10-23-14-17)12-7-11-24-19(22-4)25-15-18-9-6-13-29-18;/h5-6,8-10,13-14H,7,11-12,15-16H2,1-4H3,(H2,22,24,25);1H. The maximum atomic E-state index is 12.6. The Bertz CT molecular complexity index is 763. The van der Waals surface area contributed by atoms with Gasteiger partial charge in [0.05, 0.1) is 13.1 Å². The summed E-state index contributed by atoms with van der Waals surface area (Å²) in [5.74, 6) is 0.745. The van der Waals surface area contributed by atoms with E-state index in [1.54, 1.807) is 35.7 Å². The van der Waals surface area contributed by atoms with Crippen LogP contribution in [0.3, 0.4) is 0 Å². The van der Waals surface area contributed by atoms with Gasteiger partial charge >= 0.3 is 6.09 Å². The lowest BCUT2D eigenvalue weighted by atomic mass is 10.2. The Morgan fingerprint density at radius 3 is 2.67 bits per heavy atom. The number of aromatic nitrogens is 1. The summed E-state index contributed by atoms with van der Waals surface area (Å²) in [6, 6.07) is 7.94. The molecule has 0 bridgehead atoms. The van der Waals surface area contributed by atoms with Crippen LogP contribution in [0.15, 0.2) is 47.0 Å². The van der Waals surface area contributed by atoms with Crippen LogP contribution in [-0.2, 0) is 17.8 Å². The van der Waals surface area contributed by atoms with E-state index in [1.807, 2.05) is 39.0 Å². The van der Waals surface area contributed by atoms with Crippen molar-refractivity contribution in [1.82, 2.24) is 20.5 Å². The van der Waals surface area contributed by atoms with Gasteiger partial charge in [0.1, 0.15) is 5.60 Å². The number of halogens is 1. The molecule has 0 aliphatic rings. The molecule has 0 atom stereocenters. The molecule has 30 heavy (non-hydrogen) atoms. The summed E-state index contributed by atoms with van der Waals surface area (Å²) in [7, 11) is 1.75. The molecule has 2 rings (SSSR count). The lowest BCUT2D eigenvalue weighted by Gasteiger charge is -2.27. The predicted octanol–water partition coefficient (Wildman–Crippen LogP) is 4.25. The normalized spacial score (nSPS) is 11.4. The van der Waals surface area contributed by atoms with Gasteiger partial charge in [-0.15, -0.1) is 35.3 Å². The average molecular weight is 545 g/mol. The zero-order chi connectivity index (χ0) is 21.1. The molecule has 9 heteroatoms. The van der Waals surface area contributed by atoms with Gasteiger partial charge in [-0.25, -0.2) is 4.79 Å². The van der Waals surface area contributed by atoms with Crippen LogP contribution in [-0.4, -0.2) is 47.7 Å². The minimum absolute atomic E-state index is 0. The third-order valence-corrected chi connectivity index (χ3v) is 4.76. The number of nitrogens with one attached hydrogen (secondary N) is 2. The van der Waals surface area contributed by atoms with Gasteiger partial charge in [-0.1, -0.05) is 12.1 Å². The maximum Gasteiger partial charge on any atom is 0.410 e. The molecule has 0 saturated carbocycles. The Hall–Kier alpha value is -1.88. The first-order chi connectivity index (χ1) is 13.9. The third-order valence-electron chi connectivity index (χ3n) is 3.88. The second-order valence-corrected chi connectivity index (χ2v) is 8.58. The van der Waals surface area contributed by atoms with E-state index >= 15 is 0 Å². The highest BCUT2D eigenvalue weighted by molar-refractivity contribution is 14.0. The zero-order valence-corrected chi connectivity index (χ0v) is 21.2. The van der Waals surface area contributed by atoms with Crippen molar-refractivity contribution in [2.75, 3.05) is 20.1 Å². The average Bonchev–Trinajstić information content (AvgIpc) is 3.19. The van der Waals surface area contributed by atoms with Gasteiger partial charge in [0, 0.05) is 37.4 Å². The minimum Gasteiger partial charge on any atom is -0.444 e. The fraction of sp³-hybridized carbons (Fsp3) is 0.476. The number of hydrogen-bond acceptors (Lipinski definition) is 5. The highest BCUT2D eigenvalue weighted by Crippen LogP contribution is 2.13. The summed E-state index contributed by atoms with van der Waals surface area (Å²) in [6.07, 6.45) is 3.94. The minimum atomic E-state index is -0.531. The Morgan fingerprint density at radius 1 is 1.27 bits per heavy atom. The fourth-order valence-electron chi connectivity index (χ4n) is 2.55. The highest BCUT2D eigenvalue weighted by Gasteiger charge is 2.22. The lowest BCUT2D eigenvalue weighted by Crippen LogP contribution is -2.40. The van der Waals surface area contributed by atoms with Gasteiger partial charge in [-0.05, 0) is 50.3 Å². The molecule has 7 nitrogen and oxygen atoms in total. The summed E-state index contributed by atoms with van der Waals surface area (Å²) in [4.78, 5) is 23.9. The number of hydrogen-bond donors (Lipinski definition) is 2. The van der Waals surface area contributed by atoms with Crippen molar-refractivity contribution < 1.29 is 9.53 Å². The van der Waals surface area contributed by atoms with E-state index < -0.39 is 5.60 Å². The van der Waals surface area contributed by atoms with Gasteiger partial charge in [0.15, 0.2) is 5.96 Å². The van der Waals surface area contributed by atoms with Crippen molar-refractivity contribution in [3.8, 4) is 0 Å². The number of amides is 1. The molecule has 0 unspecified atom stereocenters. The van der Waals surface area contributed by atoms with Crippen LogP contribution < -0.4 is 10.6 Å². The van der Waals surface area contributed by atoms with E-state index in [2.05, 4.69) is 32.1 Å². The molecular weight excluding hydrogens is 513 g/mol. The van der Waals surface area contributed by atoms with E-state index in [9.17, 15) is 4.79 Å². The second-order valence-electron chi connectivity index (χ2n) is 7.55. The highest BCUT2D eigenvalue weighted by atomic mass is 127. The monoisotopic (exact) mass is 545 g/mol. The van der Waals surface area contributed by atoms with Crippen molar-refractivity contribution in [3.05, 3.63) is 52.5 Å². The molecule has 0 aliphatic heterocycles. The number of rotatable bonds is 8. The van der Waals surface area contributed by atoms with Crippen LogP contribution in [0, 0.1) is 0 Å². The molecule has 0 spiro atoms. The van der Waals surface area contributed by atoms with Crippen LogP contribution in [0.2, 0.25) is 0 Å². The van der Waals surface area contributed by atoms with Crippen molar-refractivity contribution in [2.45, 2.75) is 45.9 Å². The first kappa shape index (κ1) is 26.2. The number of aliphatic imine (C=N–C) groups is 1. The number of guanidine groups is 1. The van der Waals surface area contributed by atoms with Crippen LogP contribution in [0.1, 0.15) is 37.6 Å². The van der Waals surface area contributed by atoms with E-state index in [0.717, 1.165) is 24.5 Å². The number of nitrogens with zero attached hydrogens (tertiary/aromatic N) is 3. The van der Waals surface area contributed by atoms with Gasteiger partial charge in [-0.3, -0.25) is 9.98 Å². The topological polar surface area (TPSA) is 78.9 Å². The van der Waals surface area contributed by atoms with Gasteiger partial charge < -0.3 is 20.3 Å². The summed E-state index contributed by atoms with van der Waals surface area (Å²) in [5.41, 5.74) is 0.441. The van der Waals surface area contributed by atoms with Gasteiger partial charge in [-0.2, -0.15) is 0 Å². The number of carbonyl (C=O) groups is 1. The lowest BCUT2D eigenvalue weighted by molar-refractivity contribution is 0.0232. The Kier molecular flexibility index (Phi) is 11.7. The summed E-state index contributed by atoms with van der Waals surface area (Å²) < 4.78 is 5.56. The molecule has 0 aromatic carbocycles. The molecular formula is C21H32IN5O2S. The number of thiophene rings is 1. The fourth-order valence-corrected chi connectivity index (χ4v) is 3.20. The van der Waals surface area contributed by atoms with Gasteiger partial charge in [0.2, 0.25) is 0 Å². The number of carbonyl (C=O) groups excluding carboxylic acids is 1. The molecule has 166 valence electrons. The Balaban J connectivity index is 0.00000450. The molecule has 1 amide bonds. The molecule has 2 N–H and O–H groups in total. The van der Waals surface area contributed by atoms with Crippen LogP contribution >= 0.6 is 35.3 Å². The Morgan fingerprint density at radius 2 is 2.07 bits per heavy atom. The number of ether oxygens (including phenoxy) is 1. The maximum absolute atomic E-state index is 12.6. The van der Waals surface area contributed by atoms with Crippen molar-refractivity contribution >= 4 is 47.4 Å². The van der Waals surface area contributed by atoms with E-state index in [4.69, 9.17) is 4.74 Å². The molecule has 2 aromatic rings. The van der Waals surface area contributed by atoms with Gasteiger partial charge in [0.25, 0.3) is 0 Å². The Labute approximate surface area is 200 Å². The van der Waals surface area contributed by atoms with E-state index in [1.165, 1.54) is 4.88 Å². The van der Waals surface area contributed by atoms with E-state index in [0.29, 0.717) is 19.6 Å². The molecule has 2 heterocycles. The zero-order valence-electron chi connectivity index (χ0n) is 18.1. The predicted molar refractivity (Wildman–Crippen MR) is 133 cm³/mol. The largest absolute Gasteiger partial charge is 0.444 e. The SMILES string of the molecule is CN=C(NCCCN(Cc1cccnc1)C(=O)OC(C)(C)C)NCc1cccs1.I. The van der Waals surface area contributed by atoms with Crippen molar-refractivity contribution in [2.24, 2.45) is 4.99 Å². The van der Waals surface area contributed by atoms with Crippen LogP contribution in [0.25, 0.3) is 0 Å². The van der Waals surface area contributed by atoms with Crippen LogP contribution in [0.4, 0.5) is 4.79 Å². The van der Waals surface area contributed by atoms with Crippen LogP contribution in [0.5, 0.6) is 0 Å². The summed E-state index contributed by atoms with van der Waals surface area (Å²) in [5, 5.41) is 8.64. The molecule has 0 fully saturated rings. The molecule has 2 aromatic heterocycles. The second kappa shape index (κ2) is 13.4.